The van der Waals surface area contributed by atoms with E-state index in [0.29, 0.717) is 17.6 Å². The Kier molecular flexibility index (Phi) is 6.05. The summed E-state index contributed by atoms with van der Waals surface area (Å²) < 4.78 is 5.77. The van der Waals surface area contributed by atoms with Gasteiger partial charge in [-0.1, -0.05) is 12.5 Å². The summed E-state index contributed by atoms with van der Waals surface area (Å²) in [5, 5.41) is 5.74. The molecular weight excluding hydrogens is 356 g/mol. The van der Waals surface area contributed by atoms with Gasteiger partial charge in [0.15, 0.2) is 5.96 Å². The third kappa shape index (κ3) is 4.33. The van der Waals surface area contributed by atoms with Crippen LogP contribution in [0.25, 0.3) is 0 Å². The van der Waals surface area contributed by atoms with Crippen LogP contribution in [0.15, 0.2) is 22.5 Å². The van der Waals surface area contributed by atoms with Crippen molar-refractivity contribution in [2.75, 3.05) is 45.9 Å². The van der Waals surface area contributed by atoms with Crippen molar-refractivity contribution in [2.45, 2.75) is 51.7 Å². The number of rotatable bonds is 5. The van der Waals surface area contributed by atoms with Gasteiger partial charge in [0.25, 0.3) is 0 Å². The Morgan fingerprint density at radius 3 is 2.93 bits per heavy atom. The standard InChI is InChI=1S/C21H34N4OS/c1-3-22-20(25-10-9-21(16-25)7-5-8-21)23-14-18(19-6-4-13-27-19)24-11-12-26-17(2)15-24/h4,6,13,17-18H,3,5,7-12,14-16H2,1-2H3,(H,22,23). The van der Waals surface area contributed by atoms with E-state index in [9.17, 15) is 0 Å². The van der Waals surface area contributed by atoms with Gasteiger partial charge in [0.05, 0.1) is 25.3 Å². The van der Waals surface area contributed by atoms with Crippen LogP contribution in [0.4, 0.5) is 0 Å². The number of ether oxygens (including phenoxy) is 1. The number of likely N-dealkylation sites (tertiary alicyclic amines) is 1. The van der Waals surface area contributed by atoms with Crippen molar-refractivity contribution in [3.63, 3.8) is 0 Å². The van der Waals surface area contributed by atoms with Crippen molar-refractivity contribution < 1.29 is 4.74 Å². The van der Waals surface area contributed by atoms with Gasteiger partial charge in [0.1, 0.15) is 0 Å². The molecule has 6 heteroatoms. The highest BCUT2D eigenvalue weighted by atomic mass is 32.1. The molecule has 1 N–H and O–H groups in total. The lowest BCUT2D eigenvalue weighted by atomic mass is 9.68. The van der Waals surface area contributed by atoms with Crippen LogP contribution in [0.5, 0.6) is 0 Å². The summed E-state index contributed by atoms with van der Waals surface area (Å²) in [7, 11) is 0. The molecule has 27 heavy (non-hydrogen) atoms. The average Bonchev–Trinajstić information content (AvgIpc) is 3.31. The van der Waals surface area contributed by atoms with Crippen molar-refractivity contribution in [3.05, 3.63) is 22.4 Å². The Balaban J connectivity index is 1.48. The lowest BCUT2D eigenvalue weighted by Crippen LogP contribution is -2.45. The topological polar surface area (TPSA) is 40.1 Å². The number of hydrogen-bond acceptors (Lipinski definition) is 4. The van der Waals surface area contributed by atoms with E-state index in [4.69, 9.17) is 9.73 Å². The van der Waals surface area contributed by atoms with Gasteiger partial charge in [-0.2, -0.15) is 0 Å². The van der Waals surface area contributed by atoms with Crippen LogP contribution >= 0.6 is 11.3 Å². The fraction of sp³-hybridized carbons (Fsp3) is 0.762. The van der Waals surface area contributed by atoms with Gasteiger partial charge in [0, 0.05) is 37.6 Å². The van der Waals surface area contributed by atoms with E-state index < -0.39 is 0 Å². The maximum atomic E-state index is 5.77. The van der Waals surface area contributed by atoms with Crippen molar-refractivity contribution in [2.24, 2.45) is 10.4 Å². The van der Waals surface area contributed by atoms with E-state index in [1.54, 1.807) is 0 Å². The average molecular weight is 391 g/mol. The minimum Gasteiger partial charge on any atom is -0.376 e. The van der Waals surface area contributed by atoms with Gasteiger partial charge in [-0.3, -0.25) is 9.89 Å². The number of aliphatic imine (C=N–C) groups is 1. The zero-order chi connectivity index (χ0) is 18.7. The molecule has 0 aromatic carbocycles. The first kappa shape index (κ1) is 19.2. The molecule has 0 bridgehead atoms. The molecule has 3 fully saturated rings. The van der Waals surface area contributed by atoms with E-state index in [1.807, 2.05) is 11.3 Å². The van der Waals surface area contributed by atoms with Crippen molar-refractivity contribution in [1.82, 2.24) is 15.1 Å². The highest BCUT2D eigenvalue weighted by Gasteiger charge is 2.43. The van der Waals surface area contributed by atoms with E-state index in [-0.39, 0.29) is 0 Å². The molecule has 1 aliphatic carbocycles. The second kappa shape index (κ2) is 8.50. The van der Waals surface area contributed by atoms with Crippen molar-refractivity contribution >= 4 is 17.3 Å². The second-order valence-electron chi connectivity index (χ2n) is 8.43. The van der Waals surface area contributed by atoms with Gasteiger partial charge in [0.2, 0.25) is 0 Å². The first-order valence-electron chi connectivity index (χ1n) is 10.6. The zero-order valence-electron chi connectivity index (χ0n) is 16.8. The normalized spacial score (nSPS) is 27.0. The minimum absolute atomic E-state index is 0.301. The van der Waals surface area contributed by atoms with Crippen LogP contribution in [0.1, 0.15) is 50.4 Å². The third-order valence-electron chi connectivity index (χ3n) is 6.49. The monoisotopic (exact) mass is 390 g/mol. The Morgan fingerprint density at radius 1 is 1.41 bits per heavy atom. The largest absolute Gasteiger partial charge is 0.376 e. The summed E-state index contributed by atoms with van der Waals surface area (Å²) >= 11 is 1.85. The molecule has 1 aromatic heterocycles. The third-order valence-corrected chi connectivity index (χ3v) is 7.46. The van der Waals surface area contributed by atoms with E-state index >= 15 is 0 Å². The fourth-order valence-corrected chi connectivity index (χ4v) is 5.65. The predicted molar refractivity (Wildman–Crippen MR) is 112 cm³/mol. The number of nitrogens with zero attached hydrogens (tertiary/aromatic N) is 3. The number of guanidine groups is 1. The summed E-state index contributed by atoms with van der Waals surface area (Å²) in [6.45, 7) is 11.2. The first-order valence-corrected chi connectivity index (χ1v) is 11.5. The summed E-state index contributed by atoms with van der Waals surface area (Å²) in [5.74, 6) is 1.11. The second-order valence-corrected chi connectivity index (χ2v) is 9.41. The van der Waals surface area contributed by atoms with Gasteiger partial charge >= 0.3 is 0 Å². The van der Waals surface area contributed by atoms with Crippen LogP contribution in [0.2, 0.25) is 0 Å². The molecule has 0 amide bonds. The van der Waals surface area contributed by atoms with E-state index in [1.165, 1.54) is 37.1 Å². The molecule has 3 heterocycles. The summed E-state index contributed by atoms with van der Waals surface area (Å²) in [5.41, 5.74) is 0.600. The molecule has 3 aliphatic rings. The quantitative estimate of drug-likeness (QED) is 0.618. The molecule has 4 rings (SSSR count). The lowest BCUT2D eigenvalue weighted by molar-refractivity contribution is -0.0327. The van der Waals surface area contributed by atoms with Gasteiger partial charge in [-0.15, -0.1) is 11.3 Å². The maximum Gasteiger partial charge on any atom is 0.194 e. The molecule has 2 atom stereocenters. The molecule has 5 nitrogen and oxygen atoms in total. The van der Waals surface area contributed by atoms with Crippen LogP contribution in [-0.4, -0.2) is 67.7 Å². The highest BCUT2D eigenvalue weighted by molar-refractivity contribution is 7.10. The summed E-state index contributed by atoms with van der Waals surface area (Å²) in [6, 6.07) is 4.77. The molecule has 0 radical (unpaired) electrons. The highest BCUT2D eigenvalue weighted by Crippen LogP contribution is 2.47. The molecule has 2 unspecified atom stereocenters. The molecule has 1 aromatic rings. The number of nitrogens with one attached hydrogen (secondary N) is 1. The summed E-state index contributed by atoms with van der Waals surface area (Å²) in [4.78, 5) is 11.6. The molecule has 2 saturated heterocycles. The smallest absolute Gasteiger partial charge is 0.194 e. The van der Waals surface area contributed by atoms with Gasteiger partial charge < -0.3 is 15.0 Å². The summed E-state index contributed by atoms with van der Waals surface area (Å²) in [6.07, 6.45) is 5.87. The van der Waals surface area contributed by atoms with E-state index in [0.717, 1.165) is 45.3 Å². The molecule has 150 valence electrons. The number of morpholine rings is 1. The molecule has 1 saturated carbocycles. The minimum atomic E-state index is 0.301. The molecular formula is C21H34N4OS. The SMILES string of the molecule is CCNC(=NCC(c1cccs1)N1CCOC(C)C1)N1CCC2(CCC2)C1. The molecule has 2 aliphatic heterocycles. The Hall–Kier alpha value is -1.11. The first-order chi connectivity index (χ1) is 13.2. The van der Waals surface area contributed by atoms with Gasteiger partial charge in [-0.05, 0) is 50.0 Å². The van der Waals surface area contributed by atoms with E-state index in [2.05, 4.69) is 46.5 Å². The molecule has 1 spiro atoms. The van der Waals surface area contributed by atoms with Crippen LogP contribution in [0.3, 0.4) is 0 Å². The Morgan fingerprint density at radius 2 is 2.30 bits per heavy atom. The van der Waals surface area contributed by atoms with Crippen molar-refractivity contribution in [3.8, 4) is 0 Å². The van der Waals surface area contributed by atoms with Crippen LogP contribution < -0.4 is 5.32 Å². The zero-order valence-corrected chi connectivity index (χ0v) is 17.6. The van der Waals surface area contributed by atoms with Crippen LogP contribution in [0, 0.1) is 5.41 Å². The maximum absolute atomic E-state index is 5.77. The van der Waals surface area contributed by atoms with Gasteiger partial charge in [-0.25, -0.2) is 0 Å². The van der Waals surface area contributed by atoms with Crippen LogP contribution in [-0.2, 0) is 4.74 Å². The fourth-order valence-electron chi connectivity index (χ4n) is 4.79. The lowest BCUT2D eigenvalue weighted by Gasteiger charge is -2.38. The van der Waals surface area contributed by atoms with Crippen molar-refractivity contribution in [1.29, 1.82) is 0 Å². The Bertz CT molecular complexity index is 628. The Labute approximate surface area is 167 Å². The predicted octanol–water partition coefficient (Wildman–Crippen LogP) is 3.35. The number of hydrogen-bond donors (Lipinski definition) is 1. The number of thiophene rings is 1.